The van der Waals surface area contributed by atoms with E-state index in [-0.39, 0.29) is 11.8 Å². The van der Waals surface area contributed by atoms with Gasteiger partial charge in [-0.2, -0.15) is 5.10 Å². The molecular weight excluding hydrogens is 306 g/mol. The number of hydrogen-bond acceptors (Lipinski definition) is 3. The van der Waals surface area contributed by atoms with Crippen LogP contribution in [0, 0.1) is 11.8 Å². The molecule has 2 N–H and O–H groups in total. The van der Waals surface area contributed by atoms with Crippen molar-refractivity contribution in [2.75, 3.05) is 5.32 Å². The molecule has 0 bridgehead atoms. The van der Waals surface area contributed by atoms with Gasteiger partial charge < -0.3 is 10.4 Å². The maximum atomic E-state index is 12.5. The van der Waals surface area contributed by atoms with Crippen LogP contribution >= 0.6 is 0 Å². The number of aromatic nitrogens is 2. The highest BCUT2D eigenvalue weighted by Gasteiger charge is 2.30. The largest absolute Gasteiger partial charge is 0.479 e. The summed E-state index contributed by atoms with van der Waals surface area (Å²) in [5.41, 5.74) is -0.591. The average Bonchev–Trinajstić information content (AvgIpc) is 3.02. The summed E-state index contributed by atoms with van der Waals surface area (Å²) in [5.74, 6) is -0.296. The predicted molar refractivity (Wildman–Crippen MR) is 92.8 cm³/mol. The number of carbonyl (C=O) groups excluding carboxylic acids is 1. The summed E-state index contributed by atoms with van der Waals surface area (Å²) in [6.07, 6.45) is 11.2. The lowest BCUT2D eigenvalue weighted by molar-refractivity contribution is -0.146. The third kappa shape index (κ3) is 4.36. The van der Waals surface area contributed by atoms with Crippen LogP contribution in [0.15, 0.2) is 12.4 Å². The van der Waals surface area contributed by atoms with Crippen molar-refractivity contribution in [1.29, 1.82) is 0 Å². The lowest BCUT2D eigenvalue weighted by atomic mass is 9.82. The standard InChI is InChI=1S/C18H29N3O3/c1-4-14(10-13-8-6-5-7-9-13)16(22)20-15-11-19-21(12-15)18(2,3)17(23)24/h11-14H,4-10H2,1-3H3,(H,20,22)(H,23,24). The molecule has 0 aromatic carbocycles. The van der Waals surface area contributed by atoms with Gasteiger partial charge in [-0.1, -0.05) is 39.0 Å². The van der Waals surface area contributed by atoms with Gasteiger partial charge in [0.05, 0.1) is 11.9 Å². The number of carboxylic acid groups (broad SMARTS) is 1. The molecule has 6 heteroatoms. The smallest absolute Gasteiger partial charge is 0.331 e. The number of rotatable bonds is 7. The van der Waals surface area contributed by atoms with Crippen molar-refractivity contribution in [3.63, 3.8) is 0 Å². The van der Waals surface area contributed by atoms with Gasteiger partial charge in [-0.25, -0.2) is 4.79 Å². The van der Waals surface area contributed by atoms with Crippen LogP contribution in [0.4, 0.5) is 5.69 Å². The zero-order valence-electron chi connectivity index (χ0n) is 14.9. The van der Waals surface area contributed by atoms with Crippen molar-refractivity contribution >= 4 is 17.6 Å². The van der Waals surface area contributed by atoms with E-state index in [0.717, 1.165) is 12.8 Å². The van der Waals surface area contributed by atoms with Gasteiger partial charge in [-0.05, 0) is 32.6 Å². The molecule has 1 unspecified atom stereocenters. The van der Waals surface area contributed by atoms with E-state index < -0.39 is 11.5 Å². The van der Waals surface area contributed by atoms with Crippen molar-refractivity contribution in [3.8, 4) is 0 Å². The number of nitrogens with zero attached hydrogens (tertiary/aromatic N) is 2. The van der Waals surface area contributed by atoms with Crippen molar-refractivity contribution in [2.45, 2.75) is 71.3 Å². The van der Waals surface area contributed by atoms with Crippen LogP contribution in [0.3, 0.4) is 0 Å². The highest BCUT2D eigenvalue weighted by Crippen LogP contribution is 2.30. The second-order valence-electron chi connectivity index (χ2n) is 7.37. The molecule has 1 atom stereocenters. The topological polar surface area (TPSA) is 84.2 Å². The normalized spacial score (nSPS) is 17.5. The molecule has 1 aromatic heterocycles. The zero-order valence-corrected chi connectivity index (χ0v) is 14.9. The molecule has 134 valence electrons. The van der Waals surface area contributed by atoms with E-state index in [0.29, 0.717) is 11.6 Å². The Bertz CT molecular complexity index is 574. The number of nitrogens with one attached hydrogen (secondary N) is 1. The fourth-order valence-corrected chi connectivity index (χ4v) is 3.32. The molecule has 1 saturated carbocycles. The maximum absolute atomic E-state index is 12.5. The van der Waals surface area contributed by atoms with E-state index in [1.54, 1.807) is 20.0 Å². The molecule has 0 spiro atoms. The predicted octanol–water partition coefficient (Wildman–Crippen LogP) is 3.64. The van der Waals surface area contributed by atoms with E-state index in [9.17, 15) is 14.7 Å². The molecule has 1 aliphatic carbocycles. The van der Waals surface area contributed by atoms with Crippen LogP contribution < -0.4 is 5.32 Å². The van der Waals surface area contributed by atoms with Gasteiger partial charge in [0.25, 0.3) is 0 Å². The highest BCUT2D eigenvalue weighted by atomic mass is 16.4. The van der Waals surface area contributed by atoms with E-state index in [2.05, 4.69) is 10.4 Å². The summed E-state index contributed by atoms with van der Waals surface area (Å²) in [7, 11) is 0. The van der Waals surface area contributed by atoms with Crippen LogP contribution in [0.1, 0.15) is 65.7 Å². The SMILES string of the molecule is CCC(CC1CCCCC1)C(=O)Nc1cnn(C(C)(C)C(=O)O)c1. The molecule has 0 saturated heterocycles. The van der Waals surface area contributed by atoms with Crippen molar-refractivity contribution in [1.82, 2.24) is 9.78 Å². The van der Waals surface area contributed by atoms with Gasteiger partial charge >= 0.3 is 5.97 Å². The molecule has 0 aliphatic heterocycles. The molecule has 0 radical (unpaired) electrons. The summed E-state index contributed by atoms with van der Waals surface area (Å²) >= 11 is 0. The lowest BCUT2D eigenvalue weighted by Gasteiger charge is -2.25. The van der Waals surface area contributed by atoms with Crippen LogP contribution in [-0.4, -0.2) is 26.8 Å². The molecule has 1 heterocycles. The number of amides is 1. The van der Waals surface area contributed by atoms with Crippen molar-refractivity contribution in [2.24, 2.45) is 11.8 Å². The van der Waals surface area contributed by atoms with Crippen LogP contribution in [0.25, 0.3) is 0 Å². The van der Waals surface area contributed by atoms with E-state index in [1.165, 1.54) is 43.0 Å². The molecular formula is C18H29N3O3. The number of carboxylic acids is 1. The first kappa shape index (κ1) is 18.5. The van der Waals surface area contributed by atoms with Crippen LogP contribution in [0.5, 0.6) is 0 Å². The van der Waals surface area contributed by atoms with Gasteiger partial charge in [0.2, 0.25) is 5.91 Å². The van der Waals surface area contributed by atoms with E-state index in [1.807, 2.05) is 6.92 Å². The summed E-state index contributed by atoms with van der Waals surface area (Å²) in [6, 6.07) is 0. The minimum absolute atomic E-state index is 0.00364. The fourth-order valence-electron chi connectivity index (χ4n) is 3.32. The third-order valence-corrected chi connectivity index (χ3v) is 5.15. The second-order valence-corrected chi connectivity index (χ2v) is 7.37. The molecule has 6 nitrogen and oxygen atoms in total. The first-order valence-corrected chi connectivity index (χ1v) is 8.94. The molecule has 1 fully saturated rings. The van der Waals surface area contributed by atoms with Crippen molar-refractivity contribution in [3.05, 3.63) is 12.4 Å². The Morgan fingerprint density at radius 3 is 2.62 bits per heavy atom. The molecule has 1 aromatic rings. The Hall–Kier alpha value is -1.85. The summed E-state index contributed by atoms with van der Waals surface area (Å²) in [4.78, 5) is 23.8. The van der Waals surface area contributed by atoms with Gasteiger partial charge in [-0.15, -0.1) is 0 Å². The quantitative estimate of drug-likeness (QED) is 0.797. The Morgan fingerprint density at radius 2 is 2.04 bits per heavy atom. The molecule has 1 amide bonds. The Morgan fingerprint density at radius 1 is 1.38 bits per heavy atom. The first-order valence-electron chi connectivity index (χ1n) is 8.94. The van der Waals surface area contributed by atoms with Crippen molar-refractivity contribution < 1.29 is 14.7 Å². The van der Waals surface area contributed by atoms with Gasteiger partial charge in [-0.3, -0.25) is 9.48 Å². The summed E-state index contributed by atoms with van der Waals surface area (Å²) < 4.78 is 1.37. The zero-order chi connectivity index (χ0) is 17.7. The average molecular weight is 335 g/mol. The number of anilines is 1. The Balaban J connectivity index is 1.97. The third-order valence-electron chi connectivity index (χ3n) is 5.15. The lowest BCUT2D eigenvalue weighted by Crippen LogP contribution is -2.36. The highest BCUT2D eigenvalue weighted by molar-refractivity contribution is 5.92. The minimum Gasteiger partial charge on any atom is -0.479 e. The maximum Gasteiger partial charge on any atom is 0.331 e. The monoisotopic (exact) mass is 335 g/mol. The van der Waals surface area contributed by atoms with E-state index in [4.69, 9.17) is 0 Å². The summed E-state index contributed by atoms with van der Waals surface area (Å²) in [5, 5.41) is 16.2. The summed E-state index contributed by atoms with van der Waals surface area (Å²) in [6.45, 7) is 5.20. The Kier molecular flexibility index (Phi) is 6.02. The van der Waals surface area contributed by atoms with E-state index >= 15 is 0 Å². The number of carbonyl (C=O) groups is 2. The Labute approximate surface area is 143 Å². The molecule has 1 aliphatic rings. The van der Waals surface area contributed by atoms with Gasteiger partial charge in [0.1, 0.15) is 0 Å². The molecule has 24 heavy (non-hydrogen) atoms. The number of aliphatic carboxylic acids is 1. The van der Waals surface area contributed by atoms with Gasteiger partial charge in [0, 0.05) is 12.1 Å². The van der Waals surface area contributed by atoms with Crippen LogP contribution in [-0.2, 0) is 15.1 Å². The van der Waals surface area contributed by atoms with Gasteiger partial charge in [0.15, 0.2) is 5.54 Å². The number of hydrogen-bond donors (Lipinski definition) is 2. The minimum atomic E-state index is -1.14. The fraction of sp³-hybridized carbons (Fsp3) is 0.722. The molecule has 2 rings (SSSR count). The first-order chi connectivity index (χ1) is 11.3. The van der Waals surface area contributed by atoms with Crippen LogP contribution in [0.2, 0.25) is 0 Å². The second kappa shape index (κ2) is 7.81.